The van der Waals surface area contributed by atoms with Crippen LogP contribution in [0.2, 0.25) is 0 Å². The highest BCUT2D eigenvalue weighted by Gasteiger charge is 1.89. The van der Waals surface area contributed by atoms with Crippen LogP contribution in [-0.2, 0) is 0 Å². The lowest BCUT2D eigenvalue weighted by atomic mass is 10.2. The number of nitrogens with zero attached hydrogens (tertiary/aromatic N) is 2. The van der Waals surface area contributed by atoms with Crippen molar-refractivity contribution in [2.24, 2.45) is 0 Å². The average molecular weight is 177 g/mol. The molecule has 0 bridgehead atoms. The molecule has 0 aliphatic heterocycles. The highest BCUT2D eigenvalue weighted by atomic mass is 35.5. The van der Waals surface area contributed by atoms with E-state index in [1.165, 1.54) is 0 Å². The summed E-state index contributed by atoms with van der Waals surface area (Å²) in [4.78, 5) is 3.84. The number of hydrogen-bond acceptors (Lipinski definition) is 2. The molecule has 0 aliphatic rings. The first-order chi connectivity index (χ1) is 5.86. The van der Waals surface area contributed by atoms with E-state index in [9.17, 15) is 0 Å². The Hall–Kier alpha value is -1.51. The van der Waals surface area contributed by atoms with Crippen molar-refractivity contribution >= 4 is 11.6 Å². The van der Waals surface area contributed by atoms with E-state index in [2.05, 4.69) is 16.8 Å². The van der Waals surface area contributed by atoms with E-state index in [1.807, 2.05) is 6.07 Å². The molecule has 1 heterocycles. The fraction of sp³-hybridized carbons (Fsp3) is 0.111. The van der Waals surface area contributed by atoms with Gasteiger partial charge in [0.1, 0.15) is 11.8 Å². The van der Waals surface area contributed by atoms with E-state index < -0.39 is 0 Å². The second-order valence-electron chi connectivity index (χ2n) is 1.98. The Kier molecular flexibility index (Phi) is 3.14. The average Bonchev–Trinajstić information content (AvgIpc) is 2.15. The third-order valence-electron chi connectivity index (χ3n) is 1.18. The van der Waals surface area contributed by atoms with E-state index in [4.69, 9.17) is 16.9 Å². The summed E-state index contributed by atoms with van der Waals surface area (Å²) in [5.41, 5.74) is 1.17. The van der Waals surface area contributed by atoms with Crippen molar-refractivity contribution in [3.05, 3.63) is 29.6 Å². The quantitative estimate of drug-likeness (QED) is 0.444. The molecule has 0 atom stereocenters. The SMILES string of the molecule is N#Cc1ccc(C#CCCl)cn1. The summed E-state index contributed by atoms with van der Waals surface area (Å²) >= 11 is 5.36. The zero-order valence-electron chi connectivity index (χ0n) is 6.21. The van der Waals surface area contributed by atoms with Gasteiger partial charge in [0.25, 0.3) is 0 Å². The van der Waals surface area contributed by atoms with E-state index in [0.717, 1.165) is 5.56 Å². The van der Waals surface area contributed by atoms with Crippen molar-refractivity contribution in [2.45, 2.75) is 0 Å². The molecule has 1 aromatic rings. The Balaban J connectivity index is 2.87. The number of alkyl halides is 1. The molecule has 0 saturated heterocycles. The summed E-state index contributed by atoms with van der Waals surface area (Å²) in [6.07, 6.45) is 1.55. The van der Waals surface area contributed by atoms with Crippen LogP contribution in [0.5, 0.6) is 0 Å². The molecule has 0 spiro atoms. The van der Waals surface area contributed by atoms with E-state index in [1.54, 1.807) is 18.3 Å². The van der Waals surface area contributed by atoms with Gasteiger partial charge in [-0.05, 0) is 12.1 Å². The highest BCUT2D eigenvalue weighted by molar-refractivity contribution is 6.19. The zero-order chi connectivity index (χ0) is 8.81. The largest absolute Gasteiger partial charge is 0.244 e. The van der Waals surface area contributed by atoms with Gasteiger partial charge in [0.15, 0.2) is 0 Å². The normalized spacial score (nSPS) is 8.00. The van der Waals surface area contributed by atoms with Gasteiger partial charge < -0.3 is 0 Å². The Labute approximate surface area is 75.8 Å². The number of hydrogen-bond donors (Lipinski definition) is 0. The van der Waals surface area contributed by atoms with Crippen LogP contribution in [0.4, 0.5) is 0 Å². The van der Waals surface area contributed by atoms with Gasteiger partial charge in [0.2, 0.25) is 0 Å². The maximum atomic E-state index is 8.43. The molecule has 0 N–H and O–H groups in total. The molecule has 0 unspecified atom stereocenters. The van der Waals surface area contributed by atoms with Crippen LogP contribution < -0.4 is 0 Å². The smallest absolute Gasteiger partial charge is 0.140 e. The van der Waals surface area contributed by atoms with Crippen molar-refractivity contribution < 1.29 is 0 Å². The number of rotatable bonds is 0. The molecule has 1 rings (SSSR count). The van der Waals surface area contributed by atoms with Crippen molar-refractivity contribution in [3.63, 3.8) is 0 Å². The lowest BCUT2D eigenvalue weighted by molar-refractivity contribution is 1.25. The number of nitriles is 1. The van der Waals surface area contributed by atoms with Gasteiger partial charge in [0, 0.05) is 11.8 Å². The third kappa shape index (κ3) is 2.27. The minimum absolute atomic E-state index is 0.306. The van der Waals surface area contributed by atoms with Crippen molar-refractivity contribution in [3.8, 4) is 17.9 Å². The number of aromatic nitrogens is 1. The molecule has 0 aliphatic carbocycles. The first-order valence-corrected chi connectivity index (χ1v) is 3.81. The zero-order valence-corrected chi connectivity index (χ0v) is 6.97. The minimum atomic E-state index is 0.306. The molecule has 0 aromatic carbocycles. The van der Waals surface area contributed by atoms with E-state index in [-0.39, 0.29) is 0 Å². The van der Waals surface area contributed by atoms with Crippen molar-refractivity contribution in [1.82, 2.24) is 4.98 Å². The van der Waals surface area contributed by atoms with Crippen LogP contribution >= 0.6 is 11.6 Å². The number of pyridine rings is 1. The predicted molar refractivity (Wildman–Crippen MR) is 46.6 cm³/mol. The van der Waals surface area contributed by atoms with Crippen LogP contribution in [0.3, 0.4) is 0 Å². The van der Waals surface area contributed by atoms with Gasteiger partial charge in [-0.15, -0.1) is 11.6 Å². The van der Waals surface area contributed by atoms with Crippen LogP contribution in [0.25, 0.3) is 0 Å². The van der Waals surface area contributed by atoms with Crippen molar-refractivity contribution in [2.75, 3.05) is 5.88 Å². The molecular weight excluding hydrogens is 172 g/mol. The Morgan fingerprint density at radius 2 is 2.33 bits per heavy atom. The van der Waals surface area contributed by atoms with E-state index >= 15 is 0 Å². The molecule has 2 nitrogen and oxygen atoms in total. The summed E-state index contributed by atoms with van der Waals surface area (Å²) in [5, 5.41) is 8.43. The Morgan fingerprint density at radius 3 is 2.83 bits per heavy atom. The maximum Gasteiger partial charge on any atom is 0.140 e. The van der Waals surface area contributed by atoms with Gasteiger partial charge in [-0.1, -0.05) is 11.8 Å². The van der Waals surface area contributed by atoms with E-state index in [0.29, 0.717) is 11.6 Å². The molecule has 0 fully saturated rings. The monoisotopic (exact) mass is 176 g/mol. The van der Waals surface area contributed by atoms with Gasteiger partial charge >= 0.3 is 0 Å². The number of halogens is 1. The van der Waals surface area contributed by atoms with Gasteiger partial charge in [-0.2, -0.15) is 5.26 Å². The summed E-state index contributed by atoms with van der Waals surface area (Å²) in [6.45, 7) is 0. The lowest BCUT2D eigenvalue weighted by Crippen LogP contribution is -1.82. The predicted octanol–water partition coefficient (Wildman–Crippen LogP) is 1.54. The van der Waals surface area contributed by atoms with Gasteiger partial charge in [-0.3, -0.25) is 0 Å². The summed E-state index contributed by atoms with van der Waals surface area (Å²) in [7, 11) is 0. The Morgan fingerprint density at radius 1 is 1.50 bits per heavy atom. The maximum absolute atomic E-state index is 8.43. The molecule has 0 amide bonds. The standard InChI is InChI=1S/C9H5ClN2/c10-5-1-2-8-3-4-9(6-11)12-7-8/h3-4,7H,5H2. The second kappa shape index (κ2) is 4.38. The second-order valence-corrected chi connectivity index (χ2v) is 2.25. The van der Waals surface area contributed by atoms with Gasteiger partial charge in [0.05, 0.1) is 5.88 Å². The van der Waals surface area contributed by atoms with Gasteiger partial charge in [-0.25, -0.2) is 4.98 Å². The van der Waals surface area contributed by atoms with Crippen LogP contribution in [0.1, 0.15) is 11.3 Å². The molecule has 1 aromatic heterocycles. The first kappa shape index (κ1) is 8.59. The molecule has 0 radical (unpaired) electrons. The molecule has 12 heavy (non-hydrogen) atoms. The molecule has 0 saturated carbocycles. The Bertz CT molecular complexity index is 351. The van der Waals surface area contributed by atoms with Crippen LogP contribution in [0.15, 0.2) is 18.3 Å². The van der Waals surface area contributed by atoms with Crippen LogP contribution in [0, 0.1) is 23.2 Å². The summed E-state index contributed by atoms with van der Waals surface area (Å²) < 4.78 is 0. The fourth-order valence-corrected chi connectivity index (χ4v) is 0.736. The fourth-order valence-electron chi connectivity index (χ4n) is 0.669. The lowest BCUT2D eigenvalue weighted by Gasteiger charge is -1.87. The first-order valence-electron chi connectivity index (χ1n) is 3.28. The molecule has 3 heteroatoms. The summed E-state index contributed by atoms with van der Waals surface area (Å²) in [5.74, 6) is 5.79. The highest BCUT2D eigenvalue weighted by Crippen LogP contribution is 1.96. The van der Waals surface area contributed by atoms with Crippen molar-refractivity contribution in [1.29, 1.82) is 5.26 Å². The van der Waals surface area contributed by atoms with Crippen LogP contribution in [-0.4, -0.2) is 10.9 Å². The molecule has 58 valence electrons. The third-order valence-corrected chi connectivity index (χ3v) is 1.31. The summed E-state index contributed by atoms with van der Waals surface area (Å²) in [6, 6.07) is 5.29. The minimum Gasteiger partial charge on any atom is -0.244 e. The topological polar surface area (TPSA) is 36.7 Å². The molecular formula is C9H5ClN2.